The van der Waals surface area contributed by atoms with Crippen molar-refractivity contribution < 1.29 is 4.74 Å². The molecule has 0 spiro atoms. The van der Waals surface area contributed by atoms with Crippen LogP contribution in [0.4, 0.5) is 0 Å². The Balaban J connectivity index is 1.48. The number of morpholine rings is 1. The van der Waals surface area contributed by atoms with Crippen molar-refractivity contribution in [2.24, 2.45) is 0 Å². The van der Waals surface area contributed by atoms with Crippen LogP contribution in [0.2, 0.25) is 0 Å². The minimum Gasteiger partial charge on any atom is -0.374 e. The van der Waals surface area contributed by atoms with Gasteiger partial charge in [-0.2, -0.15) is 5.10 Å². The molecule has 2 heterocycles. The van der Waals surface area contributed by atoms with Crippen LogP contribution in [0.25, 0.3) is 0 Å². The Bertz CT molecular complexity index is 481. The molecule has 2 fully saturated rings. The van der Waals surface area contributed by atoms with Crippen LogP contribution in [0, 0.1) is 13.8 Å². The predicted molar refractivity (Wildman–Crippen MR) is 83.4 cm³/mol. The molecule has 0 radical (unpaired) electrons. The Morgan fingerprint density at radius 2 is 2.14 bits per heavy atom. The van der Waals surface area contributed by atoms with Gasteiger partial charge in [0, 0.05) is 50.0 Å². The van der Waals surface area contributed by atoms with Crippen molar-refractivity contribution in [2.75, 3.05) is 26.2 Å². The van der Waals surface area contributed by atoms with Crippen LogP contribution in [-0.4, -0.2) is 53.1 Å². The summed E-state index contributed by atoms with van der Waals surface area (Å²) in [5, 5.41) is 8.14. The molecule has 0 amide bonds. The third-order valence-electron chi connectivity index (χ3n) is 4.74. The number of aryl methyl sites for hydroxylation is 2. The highest BCUT2D eigenvalue weighted by Crippen LogP contribution is 2.28. The highest BCUT2D eigenvalue weighted by molar-refractivity contribution is 5.24. The molecule has 1 aliphatic heterocycles. The number of nitrogens with one attached hydrogen (secondary N) is 1. The number of hydrogen-bond donors (Lipinski definition) is 1. The smallest absolute Gasteiger partial charge is 0.0826 e. The molecular weight excluding hydrogens is 264 g/mol. The molecule has 1 saturated carbocycles. The Labute approximate surface area is 127 Å². The molecule has 1 aliphatic carbocycles. The van der Waals surface area contributed by atoms with Crippen LogP contribution in [0.3, 0.4) is 0 Å². The average Bonchev–Trinajstić information content (AvgIpc) is 3.29. The van der Waals surface area contributed by atoms with Gasteiger partial charge in [0.15, 0.2) is 0 Å². The largest absolute Gasteiger partial charge is 0.374 e. The van der Waals surface area contributed by atoms with E-state index >= 15 is 0 Å². The lowest BCUT2D eigenvalue weighted by atomic mass is 10.2. The van der Waals surface area contributed by atoms with Crippen molar-refractivity contribution in [3.63, 3.8) is 0 Å². The zero-order valence-corrected chi connectivity index (χ0v) is 13.6. The van der Waals surface area contributed by atoms with Gasteiger partial charge in [-0.05, 0) is 33.6 Å². The molecule has 21 heavy (non-hydrogen) atoms. The van der Waals surface area contributed by atoms with Crippen molar-refractivity contribution in [1.82, 2.24) is 20.0 Å². The fourth-order valence-electron chi connectivity index (χ4n) is 3.29. The van der Waals surface area contributed by atoms with E-state index in [0.717, 1.165) is 51.1 Å². The highest BCUT2D eigenvalue weighted by atomic mass is 16.5. The van der Waals surface area contributed by atoms with E-state index in [0.29, 0.717) is 6.10 Å². The molecule has 1 aromatic heterocycles. The molecule has 1 saturated heterocycles. The first-order chi connectivity index (χ1) is 10.2. The van der Waals surface area contributed by atoms with E-state index in [-0.39, 0.29) is 0 Å². The molecule has 0 bridgehead atoms. The summed E-state index contributed by atoms with van der Waals surface area (Å²) in [5.74, 6) is 0. The fourth-order valence-corrected chi connectivity index (χ4v) is 3.29. The SMILES string of the molecule is CCn1nc(C)c(CNCC2CN(C3CC3)CCO2)c1C. The molecule has 1 atom stereocenters. The van der Waals surface area contributed by atoms with E-state index in [1.807, 2.05) is 0 Å². The third-order valence-corrected chi connectivity index (χ3v) is 4.74. The van der Waals surface area contributed by atoms with Gasteiger partial charge in [-0.15, -0.1) is 0 Å². The van der Waals surface area contributed by atoms with Crippen LogP contribution in [0.5, 0.6) is 0 Å². The first-order valence-electron chi connectivity index (χ1n) is 8.28. The summed E-state index contributed by atoms with van der Waals surface area (Å²) in [6.07, 6.45) is 3.10. The Kier molecular flexibility index (Phi) is 4.62. The van der Waals surface area contributed by atoms with Gasteiger partial charge in [0.1, 0.15) is 0 Å². The summed E-state index contributed by atoms with van der Waals surface area (Å²) >= 11 is 0. The number of aromatic nitrogens is 2. The van der Waals surface area contributed by atoms with Gasteiger partial charge in [0.25, 0.3) is 0 Å². The lowest BCUT2D eigenvalue weighted by Crippen LogP contribution is -2.47. The van der Waals surface area contributed by atoms with E-state index < -0.39 is 0 Å². The first kappa shape index (κ1) is 15.0. The summed E-state index contributed by atoms with van der Waals surface area (Å²) < 4.78 is 7.97. The van der Waals surface area contributed by atoms with Crippen LogP contribution >= 0.6 is 0 Å². The van der Waals surface area contributed by atoms with Crippen LogP contribution in [0.1, 0.15) is 36.7 Å². The summed E-state index contributed by atoms with van der Waals surface area (Å²) in [4.78, 5) is 2.60. The molecule has 0 aromatic carbocycles. The molecule has 3 rings (SSSR count). The van der Waals surface area contributed by atoms with Crippen LogP contribution < -0.4 is 5.32 Å². The number of ether oxygens (including phenoxy) is 1. The highest BCUT2D eigenvalue weighted by Gasteiger charge is 2.32. The quantitative estimate of drug-likeness (QED) is 0.862. The van der Waals surface area contributed by atoms with Crippen molar-refractivity contribution >= 4 is 0 Å². The fraction of sp³-hybridized carbons (Fsp3) is 0.812. The standard InChI is InChI=1S/C16H28N4O/c1-4-20-13(3)16(12(2)18-20)10-17-9-15-11-19(7-8-21-15)14-5-6-14/h14-15,17H,4-11H2,1-3H3. The van der Waals surface area contributed by atoms with Gasteiger partial charge >= 0.3 is 0 Å². The summed E-state index contributed by atoms with van der Waals surface area (Å²) in [5.41, 5.74) is 3.77. The summed E-state index contributed by atoms with van der Waals surface area (Å²) in [7, 11) is 0. The van der Waals surface area contributed by atoms with E-state index in [4.69, 9.17) is 4.74 Å². The Morgan fingerprint density at radius 1 is 1.33 bits per heavy atom. The minimum atomic E-state index is 0.334. The normalized spacial score (nSPS) is 23.7. The van der Waals surface area contributed by atoms with Gasteiger partial charge in [-0.25, -0.2) is 0 Å². The number of hydrogen-bond acceptors (Lipinski definition) is 4. The van der Waals surface area contributed by atoms with Crippen molar-refractivity contribution in [1.29, 1.82) is 0 Å². The van der Waals surface area contributed by atoms with E-state index in [2.05, 4.69) is 40.8 Å². The minimum absolute atomic E-state index is 0.334. The first-order valence-corrected chi connectivity index (χ1v) is 8.28. The molecule has 5 nitrogen and oxygen atoms in total. The summed E-state index contributed by atoms with van der Waals surface area (Å²) in [6.45, 7) is 12.2. The van der Waals surface area contributed by atoms with Gasteiger partial charge < -0.3 is 10.1 Å². The van der Waals surface area contributed by atoms with Crippen LogP contribution in [0.15, 0.2) is 0 Å². The maximum atomic E-state index is 5.89. The predicted octanol–water partition coefficient (Wildman–Crippen LogP) is 1.47. The molecule has 118 valence electrons. The monoisotopic (exact) mass is 292 g/mol. The van der Waals surface area contributed by atoms with Gasteiger partial charge in [-0.1, -0.05) is 0 Å². The molecule has 5 heteroatoms. The second-order valence-corrected chi connectivity index (χ2v) is 6.31. The van der Waals surface area contributed by atoms with Crippen molar-refractivity contribution in [2.45, 2.75) is 58.8 Å². The maximum absolute atomic E-state index is 5.89. The molecule has 1 unspecified atom stereocenters. The van der Waals surface area contributed by atoms with Gasteiger partial charge in [0.2, 0.25) is 0 Å². The van der Waals surface area contributed by atoms with Crippen molar-refractivity contribution in [3.05, 3.63) is 17.0 Å². The average molecular weight is 292 g/mol. The lowest BCUT2D eigenvalue weighted by Gasteiger charge is -2.33. The summed E-state index contributed by atoms with van der Waals surface area (Å²) in [6, 6.07) is 0.851. The topological polar surface area (TPSA) is 42.3 Å². The zero-order chi connectivity index (χ0) is 14.8. The molecular formula is C16H28N4O. The number of nitrogens with zero attached hydrogens (tertiary/aromatic N) is 3. The zero-order valence-electron chi connectivity index (χ0n) is 13.6. The van der Waals surface area contributed by atoms with E-state index in [9.17, 15) is 0 Å². The van der Waals surface area contributed by atoms with Crippen LogP contribution in [-0.2, 0) is 17.8 Å². The Hall–Kier alpha value is -0.910. The number of rotatable bonds is 6. The Morgan fingerprint density at radius 3 is 2.81 bits per heavy atom. The maximum Gasteiger partial charge on any atom is 0.0826 e. The van der Waals surface area contributed by atoms with Crippen molar-refractivity contribution in [3.8, 4) is 0 Å². The molecule has 1 N–H and O–H groups in total. The third kappa shape index (κ3) is 3.47. The second kappa shape index (κ2) is 6.46. The molecule has 1 aromatic rings. The van der Waals surface area contributed by atoms with Gasteiger partial charge in [0.05, 0.1) is 18.4 Å². The second-order valence-electron chi connectivity index (χ2n) is 6.31. The lowest BCUT2D eigenvalue weighted by molar-refractivity contribution is -0.0301. The van der Waals surface area contributed by atoms with E-state index in [1.165, 1.54) is 24.1 Å². The van der Waals surface area contributed by atoms with Gasteiger partial charge in [-0.3, -0.25) is 9.58 Å². The van der Waals surface area contributed by atoms with E-state index in [1.54, 1.807) is 0 Å². The molecule has 2 aliphatic rings.